The van der Waals surface area contributed by atoms with Crippen molar-refractivity contribution in [1.82, 2.24) is 10.3 Å². The highest BCUT2D eigenvalue weighted by Crippen LogP contribution is 2.55. The van der Waals surface area contributed by atoms with E-state index >= 15 is 0 Å². The minimum Gasteiger partial charge on any atom is -0.335 e. The first kappa shape index (κ1) is 20.3. The van der Waals surface area contributed by atoms with Gasteiger partial charge in [0.2, 0.25) is 0 Å². The molecule has 1 heterocycles. The fourth-order valence-electron chi connectivity index (χ4n) is 5.38. The molecule has 6 heteroatoms. The molecule has 0 aliphatic heterocycles. The Hall–Kier alpha value is -2.66. The fourth-order valence-corrected chi connectivity index (χ4v) is 5.50. The molecule has 160 valence electrons. The van der Waals surface area contributed by atoms with Gasteiger partial charge in [0, 0.05) is 28.3 Å². The van der Waals surface area contributed by atoms with E-state index in [0.29, 0.717) is 10.9 Å². The largest absolute Gasteiger partial charge is 0.335 e. The molecule has 0 radical (unpaired) electrons. The molecule has 1 spiro atoms. The number of urea groups is 1. The van der Waals surface area contributed by atoms with Crippen molar-refractivity contribution in [2.75, 3.05) is 5.32 Å². The minimum absolute atomic E-state index is 0.163. The van der Waals surface area contributed by atoms with Gasteiger partial charge in [0.05, 0.1) is 5.52 Å². The molecule has 0 bridgehead atoms. The van der Waals surface area contributed by atoms with Gasteiger partial charge in [-0.3, -0.25) is 4.98 Å². The topological polar surface area (TPSA) is 54.0 Å². The van der Waals surface area contributed by atoms with Crippen molar-refractivity contribution in [2.45, 2.75) is 50.5 Å². The molecular formula is C25H25ClFN3O. The number of hydrogen-bond acceptors (Lipinski definition) is 2. The smallest absolute Gasteiger partial charge is 0.319 e. The zero-order valence-corrected chi connectivity index (χ0v) is 18.0. The van der Waals surface area contributed by atoms with Crippen LogP contribution in [0.2, 0.25) is 5.02 Å². The molecule has 5 rings (SSSR count). The zero-order chi connectivity index (χ0) is 21.4. The third kappa shape index (κ3) is 3.99. The van der Waals surface area contributed by atoms with Gasteiger partial charge in [0.25, 0.3) is 0 Å². The summed E-state index contributed by atoms with van der Waals surface area (Å²) < 4.78 is 13.8. The van der Waals surface area contributed by atoms with Crippen LogP contribution in [0.4, 0.5) is 14.9 Å². The molecule has 2 fully saturated rings. The van der Waals surface area contributed by atoms with Crippen molar-refractivity contribution < 1.29 is 9.18 Å². The predicted octanol–water partition coefficient (Wildman–Crippen LogP) is 6.66. The van der Waals surface area contributed by atoms with E-state index in [-0.39, 0.29) is 23.3 Å². The number of aromatic nitrogens is 1. The Morgan fingerprint density at radius 3 is 2.48 bits per heavy atom. The summed E-state index contributed by atoms with van der Waals surface area (Å²) in [4.78, 5) is 16.9. The lowest BCUT2D eigenvalue weighted by molar-refractivity contribution is 0.0245. The summed E-state index contributed by atoms with van der Waals surface area (Å²) in [6.45, 7) is 0. The summed E-state index contributed by atoms with van der Waals surface area (Å²) in [6, 6.07) is 14.0. The maximum Gasteiger partial charge on any atom is 0.319 e. The van der Waals surface area contributed by atoms with Crippen LogP contribution in [0.15, 0.2) is 54.7 Å². The number of nitrogens with one attached hydrogen (secondary N) is 2. The first-order valence-corrected chi connectivity index (χ1v) is 11.3. The maximum atomic E-state index is 13.8. The average Bonchev–Trinajstić information content (AvgIpc) is 2.78. The van der Waals surface area contributed by atoms with Gasteiger partial charge in [-0.05, 0) is 104 Å². The molecular weight excluding hydrogens is 413 g/mol. The Kier molecular flexibility index (Phi) is 5.30. The van der Waals surface area contributed by atoms with Gasteiger partial charge in [-0.15, -0.1) is 0 Å². The van der Waals surface area contributed by atoms with Crippen LogP contribution >= 0.6 is 11.6 Å². The summed E-state index contributed by atoms with van der Waals surface area (Å²) in [5, 5.41) is 7.66. The molecule has 1 atom stereocenters. The Bertz CT molecular complexity index is 1110. The van der Waals surface area contributed by atoms with E-state index < -0.39 is 0 Å². The van der Waals surface area contributed by atoms with E-state index in [4.69, 9.17) is 11.6 Å². The normalized spacial score (nSPS) is 25.2. The summed E-state index contributed by atoms with van der Waals surface area (Å²) in [5.41, 5.74) is 2.96. The molecule has 2 N–H and O–H groups in total. The number of carbonyl (C=O) groups excluding carboxylic acids is 1. The van der Waals surface area contributed by atoms with Crippen molar-refractivity contribution >= 4 is 34.2 Å². The molecule has 3 aromatic rings. The van der Waals surface area contributed by atoms with Gasteiger partial charge in [0.1, 0.15) is 5.82 Å². The third-order valence-electron chi connectivity index (χ3n) is 7.24. The van der Waals surface area contributed by atoms with Crippen LogP contribution in [0.3, 0.4) is 0 Å². The number of benzene rings is 2. The van der Waals surface area contributed by atoms with E-state index in [1.54, 1.807) is 36.4 Å². The molecule has 2 amide bonds. The highest BCUT2D eigenvalue weighted by Gasteiger charge is 2.49. The van der Waals surface area contributed by atoms with Crippen molar-refractivity contribution in [3.8, 4) is 0 Å². The predicted molar refractivity (Wildman–Crippen MR) is 122 cm³/mol. The quantitative estimate of drug-likeness (QED) is 0.481. The van der Waals surface area contributed by atoms with Gasteiger partial charge >= 0.3 is 6.03 Å². The van der Waals surface area contributed by atoms with Crippen molar-refractivity contribution in [1.29, 1.82) is 0 Å². The third-order valence-corrected chi connectivity index (χ3v) is 7.49. The number of fused-ring (bicyclic) bond motifs is 1. The first-order chi connectivity index (χ1) is 15.0. The van der Waals surface area contributed by atoms with Gasteiger partial charge in [0.15, 0.2) is 0 Å². The molecule has 0 saturated heterocycles. The van der Waals surface area contributed by atoms with Crippen LogP contribution in [0.1, 0.15) is 50.0 Å². The Balaban J connectivity index is 1.23. The fraction of sp³-hybridized carbons (Fsp3) is 0.360. The second-order valence-corrected chi connectivity index (χ2v) is 9.33. The first-order valence-electron chi connectivity index (χ1n) is 10.9. The van der Waals surface area contributed by atoms with E-state index in [9.17, 15) is 9.18 Å². The second-order valence-electron chi connectivity index (χ2n) is 8.89. The SMILES string of the molecule is O=C(Nc1ccc(Cl)cc1)NC1CCC12CCC(c1ccnc3ccc(F)cc13)CC2. The second kappa shape index (κ2) is 8.12. The highest BCUT2D eigenvalue weighted by atomic mass is 35.5. The van der Waals surface area contributed by atoms with Crippen LogP contribution in [0.5, 0.6) is 0 Å². The van der Waals surface area contributed by atoms with E-state index in [1.807, 2.05) is 12.3 Å². The lowest BCUT2D eigenvalue weighted by Gasteiger charge is -2.53. The monoisotopic (exact) mass is 437 g/mol. The molecule has 2 aliphatic carbocycles. The van der Waals surface area contributed by atoms with Crippen molar-refractivity contribution in [2.24, 2.45) is 5.41 Å². The van der Waals surface area contributed by atoms with Crippen LogP contribution < -0.4 is 10.6 Å². The van der Waals surface area contributed by atoms with Gasteiger partial charge in [-0.2, -0.15) is 0 Å². The standard InChI is InChI=1S/C25H25ClFN3O/c26-17-1-4-19(5-2-17)29-24(31)30-23-9-13-25(23)11-7-16(8-12-25)20-10-14-28-22-6-3-18(27)15-21(20)22/h1-6,10,14-16,23H,7-9,11-13H2,(H2,29,30,31). The summed E-state index contributed by atoms with van der Waals surface area (Å²) in [7, 11) is 0. The number of hydrogen-bond donors (Lipinski definition) is 2. The number of rotatable bonds is 3. The number of amides is 2. The maximum absolute atomic E-state index is 13.8. The molecule has 2 aromatic carbocycles. The van der Waals surface area contributed by atoms with Gasteiger partial charge in [-0.25, -0.2) is 9.18 Å². The molecule has 1 aromatic heterocycles. The summed E-state index contributed by atoms with van der Waals surface area (Å²) >= 11 is 5.91. The Morgan fingerprint density at radius 2 is 1.77 bits per heavy atom. The number of nitrogens with zero attached hydrogens (tertiary/aromatic N) is 1. The van der Waals surface area contributed by atoms with E-state index in [1.165, 1.54) is 11.6 Å². The van der Waals surface area contributed by atoms with Gasteiger partial charge < -0.3 is 10.6 Å². The Morgan fingerprint density at radius 1 is 1.03 bits per heavy atom. The van der Waals surface area contributed by atoms with Crippen molar-refractivity contribution in [3.63, 3.8) is 0 Å². The molecule has 2 saturated carbocycles. The van der Waals surface area contributed by atoms with E-state index in [2.05, 4.69) is 15.6 Å². The Labute approximate surface area is 186 Å². The van der Waals surface area contributed by atoms with Crippen LogP contribution in [-0.2, 0) is 0 Å². The lowest BCUT2D eigenvalue weighted by Crippen LogP contribution is -2.57. The average molecular weight is 438 g/mol. The van der Waals surface area contributed by atoms with Crippen LogP contribution in [0, 0.1) is 11.2 Å². The van der Waals surface area contributed by atoms with Gasteiger partial charge in [-0.1, -0.05) is 11.6 Å². The van der Waals surface area contributed by atoms with Crippen LogP contribution in [0.25, 0.3) is 10.9 Å². The molecule has 31 heavy (non-hydrogen) atoms. The minimum atomic E-state index is -0.219. The summed E-state index contributed by atoms with van der Waals surface area (Å²) in [6.07, 6.45) is 8.23. The highest BCUT2D eigenvalue weighted by molar-refractivity contribution is 6.30. The lowest BCUT2D eigenvalue weighted by atomic mass is 9.55. The number of pyridine rings is 1. The number of anilines is 1. The molecule has 2 aliphatic rings. The van der Waals surface area contributed by atoms with E-state index in [0.717, 1.165) is 55.1 Å². The molecule has 1 unspecified atom stereocenters. The summed E-state index contributed by atoms with van der Waals surface area (Å²) in [5.74, 6) is 0.186. The van der Waals surface area contributed by atoms with Crippen LogP contribution in [-0.4, -0.2) is 17.1 Å². The number of carbonyl (C=O) groups is 1. The van der Waals surface area contributed by atoms with Crippen molar-refractivity contribution in [3.05, 3.63) is 71.1 Å². The molecule has 4 nitrogen and oxygen atoms in total. The zero-order valence-electron chi connectivity index (χ0n) is 17.2. The number of halogens is 2.